The van der Waals surface area contributed by atoms with Crippen LogP contribution in [0.2, 0.25) is 0 Å². The zero-order valence-corrected chi connectivity index (χ0v) is 7.99. The minimum absolute atomic E-state index is 0.550. The van der Waals surface area contributed by atoms with Crippen LogP contribution < -0.4 is 5.32 Å². The first-order valence-corrected chi connectivity index (χ1v) is 5.14. The predicted molar refractivity (Wildman–Crippen MR) is 56.2 cm³/mol. The Kier molecular flexibility index (Phi) is 1.81. The predicted octanol–water partition coefficient (Wildman–Crippen LogP) is 2.86. The third-order valence-electron chi connectivity index (χ3n) is 2.94. The fourth-order valence-corrected chi connectivity index (χ4v) is 2.17. The first-order valence-electron chi connectivity index (χ1n) is 5.14. The summed E-state index contributed by atoms with van der Waals surface area (Å²) in [4.78, 5) is 0. The number of furan rings is 1. The lowest BCUT2D eigenvalue weighted by Gasteiger charge is -2.09. The summed E-state index contributed by atoms with van der Waals surface area (Å²) in [5, 5.41) is 4.70. The first kappa shape index (κ1) is 8.06. The van der Waals surface area contributed by atoms with E-state index in [2.05, 4.69) is 23.5 Å². The smallest absolute Gasteiger partial charge is 0.133 e. The average Bonchev–Trinajstić information content (AvgIpc) is 2.88. The number of hydrogen-bond donors (Lipinski definition) is 1. The van der Waals surface area contributed by atoms with Crippen molar-refractivity contribution in [3.8, 4) is 0 Å². The molecule has 0 bridgehead atoms. The standard InChI is InChI=1S/C12H13NO/c1-2-11(13-6-1)9-3-4-12-10(8-9)5-7-14-12/h3-5,7-8,11,13H,1-2,6H2. The van der Waals surface area contributed by atoms with Gasteiger partial charge >= 0.3 is 0 Å². The highest BCUT2D eigenvalue weighted by Gasteiger charge is 2.16. The maximum absolute atomic E-state index is 5.32. The Bertz CT molecular complexity index is 440. The molecular weight excluding hydrogens is 174 g/mol. The Hall–Kier alpha value is -1.28. The lowest BCUT2D eigenvalue weighted by Crippen LogP contribution is -2.12. The molecule has 0 spiro atoms. The molecule has 14 heavy (non-hydrogen) atoms. The Morgan fingerprint density at radius 3 is 3.14 bits per heavy atom. The van der Waals surface area contributed by atoms with Gasteiger partial charge in [0.15, 0.2) is 0 Å². The van der Waals surface area contributed by atoms with Gasteiger partial charge in [-0.1, -0.05) is 6.07 Å². The van der Waals surface area contributed by atoms with Gasteiger partial charge in [0.25, 0.3) is 0 Å². The molecule has 1 unspecified atom stereocenters. The van der Waals surface area contributed by atoms with Gasteiger partial charge < -0.3 is 9.73 Å². The summed E-state index contributed by atoms with van der Waals surface area (Å²) in [6.07, 6.45) is 4.29. The Balaban J connectivity index is 2.04. The molecule has 1 aromatic heterocycles. The van der Waals surface area contributed by atoms with Crippen LogP contribution in [0.15, 0.2) is 34.9 Å². The van der Waals surface area contributed by atoms with Crippen LogP contribution in [0.5, 0.6) is 0 Å². The van der Waals surface area contributed by atoms with E-state index in [0.29, 0.717) is 6.04 Å². The van der Waals surface area contributed by atoms with Gasteiger partial charge in [-0.05, 0) is 43.1 Å². The van der Waals surface area contributed by atoms with Crippen LogP contribution in [-0.4, -0.2) is 6.54 Å². The van der Waals surface area contributed by atoms with E-state index in [1.54, 1.807) is 6.26 Å². The molecule has 0 amide bonds. The third-order valence-corrected chi connectivity index (χ3v) is 2.94. The van der Waals surface area contributed by atoms with Crippen LogP contribution in [0.3, 0.4) is 0 Å². The minimum atomic E-state index is 0.550. The molecule has 3 rings (SSSR count). The molecule has 2 heterocycles. The molecule has 1 atom stereocenters. The Labute approximate surface area is 82.9 Å². The summed E-state index contributed by atoms with van der Waals surface area (Å²) in [5.41, 5.74) is 2.36. The highest BCUT2D eigenvalue weighted by molar-refractivity contribution is 5.77. The van der Waals surface area contributed by atoms with Crippen molar-refractivity contribution in [1.82, 2.24) is 5.32 Å². The number of fused-ring (bicyclic) bond motifs is 1. The molecule has 1 aliphatic heterocycles. The lowest BCUT2D eigenvalue weighted by atomic mass is 10.0. The maximum Gasteiger partial charge on any atom is 0.133 e. The van der Waals surface area contributed by atoms with Gasteiger partial charge in [0, 0.05) is 11.4 Å². The molecule has 1 aromatic carbocycles. The van der Waals surface area contributed by atoms with E-state index in [0.717, 1.165) is 12.1 Å². The Morgan fingerprint density at radius 2 is 2.29 bits per heavy atom. The monoisotopic (exact) mass is 187 g/mol. The molecular formula is C12H13NO. The zero-order valence-electron chi connectivity index (χ0n) is 7.99. The van der Waals surface area contributed by atoms with Gasteiger partial charge in [-0.3, -0.25) is 0 Å². The molecule has 2 aromatic rings. The van der Waals surface area contributed by atoms with Crippen molar-refractivity contribution in [2.75, 3.05) is 6.54 Å². The second kappa shape index (κ2) is 3.14. The number of hydrogen-bond acceptors (Lipinski definition) is 2. The Morgan fingerprint density at radius 1 is 1.29 bits per heavy atom. The molecule has 1 fully saturated rings. The summed E-state index contributed by atoms with van der Waals surface area (Å²) >= 11 is 0. The molecule has 1 aliphatic rings. The molecule has 0 radical (unpaired) electrons. The second-order valence-electron chi connectivity index (χ2n) is 3.87. The van der Waals surface area contributed by atoms with E-state index in [1.165, 1.54) is 23.8 Å². The van der Waals surface area contributed by atoms with Gasteiger partial charge in [0.05, 0.1) is 6.26 Å². The molecule has 0 saturated carbocycles. The lowest BCUT2D eigenvalue weighted by molar-refractivity contribution is 0.614. The quantitative estimate of drug-likeness (QED) is 0.742. The summed E-state index contributed by atoms with van der Waals surface area (Å²) in [6.45, 7) is 1.15. The third kappa shape index (κ3) is 1.23. The fraction of sp³-hybridized carbons (Fsp3) is 0.333. The highest BCUT2D eigenvalue weighted by atomic mass is 16.3. The number of rotatable bonds is 1. The molecule has 2 heteroatoms. The minimum Gasteiger partial charge on any atom is -0.464 e. The summed E-state index contributed by atoms with van der Waals surface area (Å²) in [6, 6.07) is 9.02. The molecule has 1 saturated heterocycles. The van der Waals surface area contributed by atoms with E-state index in [9.17, 15) is 0 Å². The van der Waals surface area contributed by atoms with Crippen LogP contribution in [0.1, 0.15) is 24.4 Å². The largest absolute Gasteiger partial charge is 0.464 e. The highest BCUT2D eigenvalue weighted by Crippen LogP contribution is 2.26. The number of benzene rings is 1. The van der Waals surface area contributed by atoms with Gasteiger partial charge in [-0.2, -0.15) is 0 Å². The van der Waals surface area contributed by atoms with Crippen molar-refractivity contribution in [3.63, 3.8) is 0 Å². The second-order valence-corrected chi connectivity index (χ2v) is 3.87. The van der Waals surface area contributed by atoms with E-state index in [-0.39, 0.29) is 0 Å². The van der Waals surface area contributed by atoms with Crippen molar-refractivity contribution >= 4 is 11.0 Å². The van der Waals surface area contributed by atoms with Crippen LogP contribution in [-0.2, 0) is 0 Å². The van der Waals surface area contributed by atoms with E-state index in [1.807, 2.05) is 6.07 Å². The van der Waals surface area contributed by atoms with Crippen molar-refractivity contribution in [2.24, 2.45) is 0 Å². The van der Waals surface area contributed by atoms with Gasteiger partial charge in [0.1, 0.15) is 5.58 Å². The van der Waals surface area contributed by atoms with Gasteiger partial charge in [-0.25, -0.2) is 0 Å². The van der Waals surface area contributed by atoms with Crippen molar-refractivity contribution < 1.29 is 4.42 Å². The van der Waals surface area contributed by atoms with Crippen molar-refractivity contribution in [2.45, 2.75) is 18.9 Å². The van der Waals surface area contributed by atoms with Crippen LogP contribution in [0.4, 0.5) is 0 Å². The summed E-state index contributed by atoms with van der Waals surface area (Å²) in [5.74, 6) is 0. The van der Waals surface area contributed by atoms with Crippen molar-refractivity contribution in [1.29, 1.82) is 0 Å². The first-order chi connectivity index (χ1) is 6.93. The molecule has 0 aliphatic carbocycles. The zero-order chi connectivity index (χ0) is 9.38. The maximum atomic E-state index is 5.32. The molecule has 2 nitrogen and oxygen atoms in total. The molecule has 1 N–H and O–H groups in total. The van der Waals surface area contributed by atoms with Crippen molar-refractivity contribution in [3.05, 3.63) is 36.1 Å². The fourth-order valence-electron chi connectivity index (χ4n) is 2.17. The SMILES string of the molecule is c1cc2cc(C3CCCN3)ccc2o1. The summed E-state index contributed by atoms with van der Waals surface area (Å²) in [7, 11) is 0. The van der Waals surface area contributed by atoms with E-state index < -0.39 is 0 Å². The normalized spacial score (nSPS) is 21.9. The topological polar surface area (TPSA) is 25.2 Å². The van der Waals surface area contributed by atoms with Gasteiger partial charge in [-0.15, -0.1) is 0 Å². The number of nitrogens with one attached hydrogen (secondary N) is 1. The van der Waals surface area contributed by atoms with Gasteiger partial charge in [0.2, 0.25) is 0 Å². The summed E-state index contributed by atoms with van der Waals surface area (Å²) < 4.78 is 5.32. The molecule has 72 valence electrons. The van der Waals surface area contributed by atoms with Crippen LogP contribution in [0.25, 0.3) is 11.0 Å². The van der Waals surface area contributed by atoms with Crippen LogP contribution >= 0.6 is 0 Å². The van der Waals surface area contributed by atoms with Crippen LogP contribution in [0, 0.1) is 0 Å². The van der Waals surface area contributed by atoms with E-state index in [4.69, 9.17) is 4.42 Å². The van der Waals surface area contributed by atoms with E-state index >= 15 is 0 Å². The average molecular weight is 187 g/mol.